The summed E-state index contributed by atoms with van der Waals surface area (Å²) >= 11 is 3.86. The summed E-state index contributed by atoms with van der Waals surface area (Å²) in [4.78, 5) is 26.4. The second kappa shape index (κ2) is 9.38. The highest BCUT2D eigenvalue weighted by atomic mass is 32.1. The van der Waals surface area contributed by atoms with Gasteiger partial charge in [-0.25, -0.2) is 0 Å². The molecular formula is C13H19N3O2S. The van der Waals surface area contributed by atoms with Crippen LogP contribution in [-0.4, -0.2) is 29.1 Å². The van der Waals surface area contributed by atoms with Crippen LogP contribution in [0.2, 0.25) is 0 Å². The number of hydrogen-bond donors (Lipinski definition) is 3. The summed E-state index contributed by atoms with van der Waals surface area (Å²) in [7, 11) is 0. The number of amides is 2. The maximum Gasteiger partial charge on any atom is 0.229 e. The molecule has 0 bridgehead atoms. The zero-order valence-electron chi connectivity index (χ0n) is 10.8. The Morgan fingerprint density at radius 2 is 2.05 bits per heavy atom. The summed E-state index contributed by atoms with van der Waals surface area (Å²) in [5, 5.41) is 5.52. The molecule has 0 aliphatic heterocycles. The Morgan fingerprint density at radius 3 is 2.74 bits per heavy atom. The molecule has 1 aromatic rings. The van der Waals surface area contributed by atoms with Gasteiger partial charge in [-0.05, 0) is 25.0 Å². The number of rotatable bonds is 8. The first-order chi connectivity index (χ1) is 9.22. The van der Waals surface area contributed by atoms with Gasteiger partial charge in [-0.3, -0.25) is 14.6 Å². The molecule has 2 amide bonds. The molecule has 19 heavy (non-hydrogen) atoms. The van der Waals surface area contributed by atoms with Crippen molar-refractivity contribution >= 4 is 30.1 Å². The minimum Gasteiger partial charge on any atom is -0.355 e. The molecule has 0 fully saturated rings. The number of nitrogens with zero attached hydrogens (tertiary/aromatic N) is 1. The lowest BCUT2D eigenvalue weighted by atomic mass is 10.2. The van der Waals surface area contributed by atoms with E-state index >= 15 is 0 Å². The fraction of sp³-hybridized carbons (Fsp3) is 0.462. The molecule has 0 saturated heterocycles. The van der Waals surface area contributed by atoms with E-state index in [2.05, 4.69) is 28.2 Å². The molecule has 0 aromatic carbocycles. The monoisotopic (exact) mass is 281 g/mol. The molecule has 0 aliphatic rings. The minimum absolute atomic E-state index is 0.00704. The Balaban J connectivity index is 2.03. The third kappa shape index (κ3) is 7.46. The number of aromatic nitrogens is 1. The summed E-state index contributed by atoms with van der Waals surface area (Å²) < 4.78 is 0. The third-order valence-corrected chi connectivity index (χ3v) is 2.78. The fourth-order valence-corrected chi connectivity index (χ4v) is 1.64. The van der Waals surface area contributed by atoms with E-state index in [1.54, 1.807) is 24.5 Å². The topological polar surface area (TPSA) is 71.1 Å². The highest BCUT2D eigenvalue weighted by molar-refractivity contribution is 7.81. The van der Waals surface area contributed by atoms with E-state index in [9.17, 15) is 9.59 Å². The third-order valence-electron chi connectivity index (χ3n) is 2.49. The minimum atomic E-state index is -0.0577. The van der Waals surface area contributed by atoms with Crippen molar-refractivity contribution in [3.8, 4) is 0 Å². The highest BCUT2D eigenvalue weighted by Crippen LogP contribution is 2.05. The van der Waals surface area contributed by atoms with Crippen molar-refractivity contribution in [2.24, 2.45) is 0 Å². The zero-order chi connectivity index (χ0) is 13.9. The molecule has 1 heterocycles. The zero-order valence-corrected chi connectivity index (χ0v) is 11.7. The van der Waals surface area contributed by atoms with Gasteiger partial charge in [0.05, 0.1) is 17.6 Å². The summed E-state index contributed by atoms with van der Waals surface area (Å²) in [5.41, 5.74) is 0.716. The predicted molar refractivity (Wildman–Crippen MR) is 78.2 cm³/mol. The Kier molecular flexibility index (Phi) is 7.65. The number of carbonyl (C=O) groups is 2. The summed E-state index contributed by atoms with van der Waals surface area (Å²) in [5.74, 6) is 0.151. The molecular weight excluding hydrogens is 262 g/mol. The number of pyridine rings is 1. The molecule has 0 aliphatic carbocycles. The first-order valence-corrected chi connectivity index (χ1v) is 6.93. The van der Waals surface area contributed by atoms with Crippen LogP contribution in [0.1, 0.15) is 25.7 Å². The van der Waals surface area contributed by atoms with Crippen LogP contribution in [-0.2, 0) is 9.59 Å². The second-order valence-electron chi connectivity index (χ2n) is 4.11. The van der Waals surface area contributed by atoms with Crippen LogP contribution >= 0.6 is 12.6 Å². The van der Waals surface area contributed by atoms with Gasteiger partial charge in [0.25, 0.3) is 0 Å². The number of hydrogen-bond acceptors (Lipinski definition) is 4. The Hall–Kier alpha value is -1.56. The maximum absolute atomic E-state index is 11.6. The molecule has 2 N–H and O–H groups in total. The van der Waals surface area contributed by atoms with Crippen molar-refractivity contribution in [3.05, 3.63) is 24.5 Å². The fourth-order valence-electron chi connectivity index (χ4n) is 1.53. The largest absolute Gasteiger partial charge is 0.355 e. The van der Waals surface area contributed by atoms with Crippen LogP contribution in [0.25, 0.3) is 0 Å². The first kappa shape index (κ1) is 15.5. The Labute approximate surface area is 118 Å². The van der Waals surface area contributed by atoms with Crippen LogP contribution in [0.15, 0.2) is 24.5 Å². The van der Waals surface area contributed by atoms with Gasteiger partial charge in [-0.2, -0.15) is 12.6 Å². The van der Waals surface area contributed by atoms with Crippen molar-refractivity contribution in [2.45, 2.75) is 25.7 Å². The normalized spacial score (nSPS) is 9.95. The SMILES string of the molecule is O=C(CS)NCCCCCC(=O)Nc1cccnc1. The quantitative estimate of drug-likeness (QED) is 0.501. The van der Waals surface area contributed by atoms with Gasteiger partial charge in [-0.1, -0.05) is 6.42 Å². The molecule has 6 heteroatoms. The summed E-state index contributed by atoms with van der Waals surface area (Å²) in [6.45, 7) is 0.642. The highest BCUT2D eigenvalue weighted by Gasteiger charge is 2.02. The van der Waals surface area contributed by atoms with E-state index in [0.29, 0.717) is 18.7 Å². The number of nitrogens with one attached hydrogen (secondary N) is 2. The van der Waals surface area contributed by atoms with E-state index in [0.717, 1.165) is 19.3 Å². The van der Waals surface area contributed by atoms with E-state index in [1.807, 2.05) is 0 Å². The van der Waals surface area contributed by atoms with Gasteiger partial charge in [0.2, 0.25) is 11.8 Å². The smallest absolute Gasteiger partial charge is 0.229 e. The Bertz CT molecular complexity index is 398. The second-order valence-corrected chi connectivity index (χ2v) is 4.42. The lowest BCUT2D eigenvalue weighted by Crippen LogP contribution is -2.25. The van der Waals surface area contributed by atoms with Crippen molar-refractivity contribution in [3.63, 3.8) is 0 Å². The number of anilines is 1. The molecule has 1 rings (SSSR count). The van der Waals surface area contributed by atoms with E-state index in [-0.39, 0.29) is 17.6 Å². The van der Waals surface area contributed by atoms with E-state index in [4.69, 9.17) is 0 Å². The maximum atomic E-state index is 11.6. The van der Waals surface area contributed by atoms with Crippen LogP contribution in [0.4, 0.5) is 5.69 Å². The standard InChI is InChI=1S/C13H19N3O2S/c17-12(16-11-5-4-7-14-9-11)6-2-1-3-8-15-13(18)10-19/h4-5,7,9,19H,1-3,6,8,10H2,(H,15,18)(H,16,17). The van der Waals surface area contributed by atoms with Crippen LogP contribution in [0, 0.1) is 0 Å². The predicted octanol–water partition coefficient (Wildman–Crippen LogP) is 1.63. The Morgan fingerprint density at radius 1 is 1.21 bits per heavy atom. The average molecular weight is 281 g/mol. The lowest BCUT2D eigenvalue weighted by Gasteiger charge is -2.05. The van der Waals surface area contributed by atoms with Crippen molar-refractivity contribution in [1.82, 2.24) is 10.3 Å². The molecule has 0 spiro atoms. The molecule has 5 nitrogen and oxygen atoms in total. The molecule has 0 saturated carbocycles. The van der Waals surface area contributed by atoms with Crippen LogP contribution in [0.3, 0.4) is 0 Å². The number of thiol groups is 1. The van der Waals surface area contributed by atoms with Crippen molar-refractivity contribution < 1.29 is 9.59 Å². The van der Waals surface area contributed by atoms with Crippen LogP contribution in [0.5, 0.6) is 0 Å². The molecule has 0 unspecified atom stereocenters. The number of carbonyl (C=O) groups excluding carboxylic acids is 2. The molecule has 0 atom stereocenters. The van der Waals surface area contributed by atoms with Gasteiger partial charge in [0, 0.05) is 19.2 Å². The van der Waals surface area contributed by atoms with Crippen molar-refractivity contribution in [1.29, 1.82) is 0 Å². The first-order valence-electron chi connectivity index (χ1n) is 6.30. The van der Waals surface area contributed by atoms with Gasteiger partial charge >= 0.3 is 0 Å². The van der Waals surface area contributed by atoms with Gasteiger partial charge in [0.15, 0.2) is 0 Å². The van der Waals surface area contributed by atoms with Gasteiger partial charge < -0.3 is 10.6 Å². The van der Waals surface area contributed by atoms with Crippen LogP contribution < -0.4 is 10.6 Å². The molecule has 0 radical (unpaired) electrons. The molecule has 104 valence electrons. The van der Waals surface area contributed by atoms with E-state index < -0.39 is 0 Å². The number of unbranched alkanes of at least 4 members (excludes halogenated alkanes) is 2. The van der Waals surface area contributed by atoms with Gasteiger partial charge in [0.1, 0.15) is 0 Å². The summed E-state index contributed by atoms with van der Waals surface area (Å²) in [6, 6.07) is 3.58. The summed E-state index contributed by atoms with van der Waals surface area (Å²) in [6.07, 6.45) is 6.35. The van der Waals surface area contributed by atoms with E-state index in [1.165, 1.54) is 0 Å². The average Bonchev–Trinajstić information content (AvgIpc) is 2.43. The van der Waals surface area contributed by atoms with Crippen molar-refractivity contribution in [2.75, 3.05) is 17.6 Å². The lowest BCUT2D eigenvalue weighted by molar-refractivity contribution is -0.118. The van der Waals surface area contributed by atoms with Gasteiger partial charge in [-0.15, -0.1) is 0 Å². The molecule has 1 aromatic heterocycles.